The quantitative estimate of drug-likeness (QED) is 0.117. The standard InChI is InChI=1S/C39H36N8O8.2C2H6.Mg/c1-9-2-3-10(26(49)25(9)48)13-8-18-40-33(13)42-35-19-11-4-5-12(28(51)27(11)50)20(19)36(44-35)45-38-23-16-7-17(32(55)31(16)54)24(23)39(47-38)46-37-22-15-6-14(29(52)30(15)53)21(22)34(41-18)43-37;2*1-2;/h2-5,8-12,14-17,25-32,48-55H,6-7H2,1H3;2*1-2H3;/q-2;;;+2/p+2. The molecule has 2 fully saturated rings. The second kappa shape index (κ2) is 15.0. The van der Waals surface area contributed by atoms with Crippen LogP contribution in [0.5, 0.6) is 0 Å². The zero-order valence-electron chi connectivity index (χ0n) is 34.0. The smallest absolute Gasteiger partial charge is 0.390 e. The van der Waals surface area contributed by atoms with Crippen LogP contribution in [0.3, 0.4) is 0 Å². The third-order valence-corrected chi connectivity index (χ3v) is 14.1. The van der Waals surface area contributed by atoms with Gasteiger partial charge in [-0.15, -0.1) is 9.97 Å². The normalized spacial score (nSPS) is 38.0. The third-order valence-electron chi connectivity index (χ3n) is 14.1. The second-order valence-electron chi connectivity index (χ2n) is 16.8. The predicted octanol–water partition coefficient (Wildman–Crippen LogP) is -0.192. The van der Waals surface area contributed by atoms with Gasteiger partial charge in [-0.1, -0.05) is 63.9 Å². The molecule has 2 saturated carbocycles. The summed E-state index contributed by atoms with van der Waals surface area (Å²) in [5.74, 6) is -2.52. The number of aliphatic hydroxyl groups excluding tert-OH is 8. The van der Waals surface area contributed by atoms with Crippen molar-refractivity contribution in [3.63, 3.8) is 0 Å². The van der Waals surface area contributed by atoms with Gasteiger partial charge >= 0.3 is 23.1 Å². The Labute approximate surface area is 361 Å². The summed E-state index contributed by atoms with van der Waals surface area (Å²) in [6.45, 7) is 9.82. The van der Waals surface area contributed by atoms with E-state index in [0.717, 1.165) is 5.57 Å². The molecule has 14 bridgehead atoms. The van der Waals surface area contributed by atoms with E-state index >= 15 is 0 Å². The minimum atomic E-state index is -1.16. The fourth-order valence-corrected chi connectivity index (χ4v) is 11.3. The summed E-state index contributed by atoms with van der Waals surface area (Å²) in [4.78, 5) is 36.7. The number of hydrogen-bond acceptors (Lipinski definition) is 12. The Morgan fingerprint density at radius 2 is 0.900 bits per heavy atom. The maximum absolute atomic E-state index is 11.4. The Morgan fingerprint density at radius 1 is 0.483 bits per heavy atom. The molecule has 0 radical (unpaired) electrons. The van der Waals surface area contributed by atoms with Crippen molar-refractivity contribution in [3.05, 3.63) is 69.9 Å². The van der Waals surface area contributed by atoms with Crippen LogP contribution in [0.25, 0.3) is 45.4 Å². The van der Waals surface area contributed by atoms with Crippen molar-refractivity contribution in [2.45, 2.75) is 120 Å². The van der Waals surface area contributed by atoms with Crippen LogP contribution in [0.2, 0.25) is 0 Å². The van der Waals surface area contributed by atoms with Gasteiger partial charge in [0.25, 0.3) is 17.5 Å². The van der Waals surface area contributed by atoms with Crippen molar-refractivity contribution in [1.29, 1.82) is 0 Å². The van der Waals surface area contributed by atoms with Crippen molar-refractivity contribution < 1.29 is 50.8 Å². The summed E-state index contributed by atoms with van der Waals surface area (Å²) in [5.41, 5.74) is 5.72. The molecule has 5 heterocycles. The second-order valence-corrected chi connectivity index (χ2v) is 16.8. The average molecular weight is 831 g/mol. The zero-order valence-corrected chi connectivity index (χ0v) is 35.4. The van der Waals surface area contributed by atoms with Gasteiger partial charge in [0.05, 0.1) is 48.8 Å². The van der Waals surface area contributed by atoms with Gasteiger partial charge in [0.2, 0.25) is 0 Å². The number of fused-ring (bicyclic) bond motifs is 22. The van der Waals surface area contributed by atoms with E-state index in [-0.39, 0.29) is 40.3 Å². The number of nitrogens with one attached hydrogen (secondary N) is 2. The topological polar surface area (TPSA) is 270 Å². The Morgan fingerprint density at radius 3 is 1.43 bits per heavy atom. The molecule has 0 saturated heterocycles. The van der Waals surface area contributed by atoms with Crippen LogP contribution in [-0.2, 0) is 0 Å². The predicted molar refractivity (Wildman–Crippen MR) is 217 cm³/mol. The largest absolute Gasteiger partial charge is 2.00 e. The molecule has 310 valence electrons. The van der Waals surface area contributed by atoms with E-state index in [2.05, 4.69) is 9.97 Å². The molecule has 16 unspecified atom stereocenters. The molecule has 60 heavy (non-hydrogen) atoms. The van der Waals surface area contributed by atoms with E-state index < -0.39 is 90.3 Å². The first-order chi connectivity index (χ1) is 28.5. The van der Waals surface area contributed by atoms with Crippen LogP contribution >= 0.6 is 0 Å². The molecule has 16 nitrogen and oxygen atoms in total. The number of hydrogen-bond donors (Lipinski definition) is 8. The summed E-state index contributed by atoms with van der Waals surface area (Å²) >= 11 is 0. The summed E-state index contributed by atoms with van der Waals surface area (Å²) in [6, 6.07) is 0. The first kappa shape index (κ1) is 41.6. The van der Waals surface area contributed by atoms with Gasteiger partial charge in [-0.25, -0.2) is 4.98 Å². The number of rotatable bonds is 1. The Balaban J connectivity index is 0.000000900. The van der Waals surface area contributed by atoms with Crippen molar-refractivity contribution in [3.8, 4) is 0 Å². The van der Waals surface area contributed by atoms with Crippen molar-refractivity contribution >= 4 is 68.4 Å². The van der Waals surface area contributed by atoms with Gasteiger partial charge in [0, 0.05) is 92.5 Å². The van der Waals surface area contributed by atoms with Gasteiger partial charge in [-0.2, -0.15) is 0 Å². The first-order valence-electron chi connectivity index (χ1n) is 21.1. The van der Waals surface area contributed by atoms with Gasteiger partial charge < -0.3 is 50.8 Å². The maximum atomic E-state index is 11.4. The zero-order chi connectivity index (χ0) is 41.5. The van der Waals surface area contributed by atoms with Crippen LogP contribution in [-0.4, -0.2) is 133 Å². The fraction of sp³-hybridized carbons (Fsp3) is 0.535. The van der Waals surface area contributed by atoms with E-state index in [9.17, 15) is 40.9 Å². The minimum absolute atomic E-state index is 0. The van der Waals surface area contributed by atoms with Crippen molar-refractivity contribution in [2.24, 2.45) is 23.7 Å². The van der Waals surface area contributed by atoms with Crippen molar-refractivity contribution in [1.82, 2.24) is 29.9 Å². The van der Waals surface area contributed by atoms with Crippen LogP contribution < -0.4 is 19.9 Å². The van der Waals surface area contributed by atoms with E-state index in [1.54, 1.807) is 6.08 Å². The Hall–Kier alpha value is -3.75. The summed E-state index contributed by atoms with van der Waals surface area (Å²) in [5, 5.41) is 89.0. The fourth-order valence-electron chi connectivity index (χ4n) is 11.3. The summed E-state index contributed by atoms with van der Waals surface area (Å²) in [7, 11) is 0. The average Bonchev–Trinajstić information content (AvgIpc) is 4.12. The third kappa shape index (κ3) is 5.56. The Bertz CT molecular complexity index is 2570. The number of aromatic amines is 2. The van der Waals surface area contributed by atoms with Gasteiger partial charge in [-0.3, -0.25) is 9.97 Å². The number of nitrogens with zero attached hydrogens (tertiary/aromatic N) is 6. The van der Waals surface area contributed by atoms with Crippen LogP contribution in [0.4, 0.5) is 0 Å². The molecular formula is C43H50MgN8O8+2. The number of aromatic nitrogens is 8. The molecule has 3 aromatic heterocycles. The molecule has 0 spiro atoms. The van der Waals surface area contributed by atoms with E-state index in [4.69, 9.17) is 29.9 Å². The molecule has 0 amide bonds. The van der Waals surface area contributed by atoms with E-state index in [1.807, 2.05) is 58.9 Å². The van der Waals surface area contributed by atoms with Crippen molar-refractivity contribution in [2.75, 3.05) is 0 Å². The van der Waals surface area contributed by atoms with Gasteiger partial charge in [0.15, 0.2) is 16.9 Å². The molecule has 16 atom stereocenters. The van der Waals surface area contributed by atoms with E-state index in [1.165, 1.54) is 0 Å². The monoisotopic (exact) mass is 830 g/mol. The molecule has 8 aliphatic carbocycles. The molecule has 10 aliphatic rings. The van der Waals surface area contributed by atoms with Crippen LogP contribution in [0.15, 0.2) is 24.3 Å². The van der Waals surface area contributed by atoms with Crippen LogP contribution in [0, 0.1) is 23.7 Å². The first-order valence-corrected chi connectivity index (χ1v) is 21.1. The molecule has 3 aromatic rings. The summed E-state index contributed by atoms with van der Waals surface area (Å²) < 4.78 is 0. The number of aliphatic hydroxyl groups is 8. The molecule has 13 rings (SSSR count). The molecule has 0 aromatic carbocycles. The van der Waals surface area contributed by atoms with Gasteiger partial charge in [-0.05, 0) is 18.4 Å². The van der Waals surface area contributed by atoms with Crippen LogP contribution in [0.1, 0.15) is 117 Å². The molecule has 2 aliphatic heterocycles. The van der Waals surface area contributed by atoms with E-state index in [0.29, 0.717) is 80.8 Å². The summed E-state index contributed by atoms with van der Waals surface area (Å²) in [6.07, 6.45) is 1.62. The molecule has 10 N–H and O–H groups in total. The number of H-pyrrole nitrogens is 2. The SMILES string of the molecule is CC.CC.CC1C=CC(C2=Cc3nc4[n-]c(nc5[nH+]c(nc6[n-]c(nc2[nH+]3)c2c6C3C=CC2C(O)C3O)C2=C5C3CC2C(O)C3O)c2c4C3CC2C(O)C3O)C(O)C1O.[Mg+2]. The minimum Gasteiger partial charge on any atom is -0.390 e. The van der Waals surface area contributed by atoms with Gasteiger partial charge in [0.1, 0.15) is 5.82 Å². The molecular weight excluding hydrogens is 781 g/mol. The molecule has 17 heteroatoms. The Kier molecular flexibility index (Phi) is 10.4. The maximum Gasteiger partial charge on any atom is 2.00 e.